The maximum atomic E-state index is 13.0. The summed E-state index contributed by atoms with van der Waals surface area (Å²) in [7, 11) is 0. The minimum atomic E-state index is -3.37. The molecule has 7 rings (SSSR count). The fourth-order valence-corrected chi connectivity index (χ4v) is 14.7. The van der Waals surface area contributed by atoms with Gasteiger partial charge in [0.05, 0.1) is 0 Å². The van der Waals surface area contributed by atoms with Crippen LogP contribution < -0.4 is 0 Å². The van der Waals surface area contributed by atoms with Gasteiger partial charge in [0.25, 0.3) is 0 Å². The van der Waals surface area contributed by atoms with E-state index in [9.17, 15) is 4.79 Å². The van der Waals surface area contributed by atoms with E-state index in [1.54, 1.807) is 0 Å². The molecule has 0 amide bonds. The first kappa shape index (κ1) is 13.2. The molecule has 7 aliphatic rings. The van der Waals surface area contributed by atoms with Crippen molar-refractivity contribution in [1.29, 1.82) is 0 Å². The summed E-state index contributed by atoms with van der Waals surface area (Å²) in [6, 6.07) is 0.0471. The molecule has 4 aliphatic carbocycles. The number of carbonyl (C=O) groups excluding carboxylic acids is 1. The topological polar surface area (TPSA) is 44.8 Å². The van der Waals surface area contributed by atoms with Crippen LogP contribution in [-0.2, 0) is 16.1 Å². The van der Waals surface area contributed by atoms with Crippen molar-refractivity contribution in [2.75, 3.05) is 26.3 Å². The molecule has 1 atom stereocenters. The Hall–Kier alpha value is -0.107. The molecule has 0 spiro atoms. The fourth-order valence-electron chi connectivity index (χ4n) is 7.60. The quantitative estimate of drug-likeness (QED) is 0.659. The van der Waals surface area contributed by atoms with Gasteiger partial charge in [-0.2, -0.15) is 0 Å². The van der Waals surface area contributed by atoms with Crippen LogP contribution in [0.1, 0.15) is 38.5 Å². The summed E-state index contributed by atoms with van der Waals surface area (Å²) in [4.78, 5) is 13.0. The molecule has 0 aromatic carbocycles. The molecule has 7 fully saturated rings. The van der Waals surface area contributed by atoms with Crippen molar-refractivity contribution in [3.8, 4) is 0 Å². The Bertz CT molecular complexity index is 519. The monoisotopic (exact) mass is 368 g/mol. The van der Waals surface area contributed by atoms with Crippen LogP contribution in [0, 0.1) is 23.2 Å². The molecule has 3 saturated heterocycles. The second kappa shape index (κ2) is 3.93. The van der Waals surface area contributed by atoms with Crippen molar-refractivity contribution >= 4 is 20.5 Å². The molecular formula is C16H24GeNO4+. The summed E-state index contributed by atoms with van der Waals surface area (Å²) in [6.45, 7) is 3.38. The maximum absolute atomic E-state index is 13.0. The standard InChI is InChI=1S/C16H24GeNO4/c19-15-14(18-1-3-20-17(18,22-15)21-4-2-18)16-8-11-5-12(9-16)7-13(6-11)10-16/h11-14H,1-10H2/q+1. The van der Waals surface area contributed by atoms with Gasteiger partial charge in [0.15, 0.2) is 0 Å². The van der Waals surface area contributed by atoms with Crippen LogP contribution in [0.15, 0.2) is 0 Å². The van der Waals surface area contributed by atoms with Crippen molar-refractivity contribution in [2.24, 2.45) is 23.2 Å². The summed E-state index contributed by atoms with van der Waals surface area (Å²) in [6.07, 6.45) is 8.03. The van der Waals surface area contributed by atoms with Gasteiger partial charge in [-0.05, 0) is 0 Å². The Morgan fingerprint density at radius 3 is 2.05 bits per heavy atom. The first-order valence-corrected chi connectivity index (χ1v) is 12.5. The molecule has 3 heterocycles. The molecule has 3 aliphatic heterocycles. The number of hydrogen-bond donors (Lipinski definition) is 0. The van der Waals surface area contributed by atoms with E-state index in [0.29, 0.717) is 0 Å². The molecule has 120 valence electrons. The number of quaternary nitrogens is 1. The normalized spacial score (nSPS) is 61.4. The molecule has 1 unspecified atom stereocenters. The molecule has 0 radical (unpaired) electrons. The second-order valence-corrected chi connectivity index (χ2v) is 14.5. The van der Waals surface area contributed by atoms with Crippen molar-refractivity contribution in [3.05, 3.63) is 0 Å². The van der Waals surface area contributed by atoms with E-state index in [1.165, 1.54) is 38.5 Å². The number of carbonyl (C=O) groups is 1. The molecule has 5 nitrogen and oxygen atoms in total. The van der Waals surface area contributed by atoms with Gasteiger partial charge in [0.1, 0.15) is 0 Å². The Labute approximate surface area is 134 Å². The summed E-state index contributed by atoms with van der Waals surface area (Å²) in [5.41, 5.74) is 0.209. The molecule has 4 bridgehead atoms. The zero-order valence-electron chi connectivity index (χ0n) is 13.0. The van der Waals surface area contributed by atoms with Gasteiger partial charge in [-0.1, -0.05) is 0 Å². The van der Waals surface area contributed by atoms with Crippen LogP contribution in [-0.4, -0.2) is 56.3 Å². The third-order valence-electron chi connectivity index (χ3n) is 7.71. The van der Waals surface area contributed by atoms with Crippen LogP contribution in [0.25, 0.3) is 0 Å². The van der Waals surface area contributed by atoms with Crippen molar-refractivity contribution in [2.45, 2.75) is 44.6 Å². The summed E-state index contributed by atoms with van der Waals surface area (Å²) >= 11 is -3.37. The predicted molar refractivity (Wildman–Crippen MR) is 78.1 cm³/mol. The fraction of sp³-hybridized carbons (Fsp3) is 0.938. The van der Waals surface area contributed by atoms with Crippen molar-refractivity contribution in [1.82, 2.24) is 0 Å². The van der Waals surface area contributed by atoms with E-state index in [0.717, 1.165) is 47.5 Å². The number of rotatable bonds is 1. The van der Waals surface area contributed by atoms with Gasteiger partial charge in [0, 0.05) is 0 Å². The Morgan fingerprint density at radius 1 is 0.955 bits per heavy atom. The molecule has 22 heavy (non-hydrogen) atoms. The zero-order chi connectivity index (χ0) is 14.6. The van der Waals surface area contributed by atoms with Crippen LogP contribution in [0.2, 0.25) is 0 Å². The van der Waals surface area contributed by atoms with Gasteiger partial charge >= 0.3 is 134 Å². The van der Waals surface area contributed by atoms with Crippen LogP contribution in [0.5, 0.6) is 0 Å². The van der Waals surface area contributed by atoms with E-state index in [-0.39, 0.29) is 17.4 Å². The Kier molecular flexibility index (Phi) is 2.36. The first-order chi connectivity index (χ1) is 10.6. The van der Waals surface area contributed by atoms with Crippen LogP contribution in [0.3, 0.4) is 0 Å². The van der Waals surface area contributed by atoms with E-state index in [4.69, 9.17) is 11.3 Å². The molecular weight excluding hydrogens is 343 g/mol. The molecule has 4 saturated carbocycles. The van der Waals surface area contributed by atoms with Gasteiger partial charge in [-0.25, -0.2) is 0 Å². The van der Waals surface area contributed by atoms with Gasteiger partial charge in [0.2, 0.25) is 0 Å². The second-order valence-electron chi connectivity index (χ2n) is 8.81. The van der Waals surface area contributed by atoms with Crippen molar-refractivity contribution < 1.29 is 19.5 Å². The van der Waals surface area contributed by atoms with Gasteiger partial charge < -0.3 is 0 Å². The number of hydrogen-bond acceptors (Lipinski definition) is 4. The van der Waals surface area contributed by atoms with Crippen molar-refractivity contribution in [3.63, 3.8) is 0 Å². The zero-order valence-corrected chi connectivity index (χ0v) is 15.1. The van der Waals surface area contributed by atoms with Gasteiger partial charge in [-0.3, -0.25) is 0 Å². The van der Waals surface area contributed by atoms with Gasteiger partial charge in [-0.15, -0.1) is 0 Å². The summed E-state index contributed by atoms with van der Waals surface area (Å²) in [5, 5.41) is 0. The third-order valence-corrected chi connectivity index (χ3v) is 14.8. The first-order valence-electron chi connectivity index (χ1n) is 9.02. The Morgan fingerprint density at radius 2 is 1.50 bits per heavy atom. The Balaban J connectivity index is 1.48. The molecule has 0 N–H and O–H groups in total. The van der Waals surface area contributed by atoms with Crippen LogP contribution >= 0.6 is 0 Å². The van der Waals surface area contributed by atoms with E-state index in [1.807, 2.05) is 0 Å². The summed E-state index contributed by atoms with van der Waals surface area (Å²) in [5.74, 6) is 2.65. The summed E-state index contributed by atoms with van der Waals surface area (Å²) < 4.78 is 18.9. The SMILES string of the molecule is O=C1[O][Ge]23[O]CC[N+]2(CC[O]3)C1C12CC3CC(CC(C3)C1)C2. The average Bonchev–Trinajstić information content (AvgIpc) is 2.96. The molecule has 6 heteroatoms. The predicted octanol–water partition coefficient (Wildman–Crippen LogP) is 1.44. The molecule has 0 aromatic rings. The third kappa shape index (κ3) is 1.34. The van der Waals surface area contributed by atoms with E-state index >= 15 is 0 Å². The number of nitrogens with zero attached hydrogens (tertiary/aromatic N) is 1. The van der Waals surface area contributed by atoms with E-state index in [2.05, 4.69) is 0 Å². The van der Waals surface area contributed by atoms with Crippen LogP contribution in [0.4, 0.5) is 0 Å². The average molecular weight is 367 g/mol. The molecule has 0 aromatic heterocycles. The van der Waals surface area contributed by atoms with E-state index < -0.39 is 14.5 Å². The minimum absolute atomic E-state index is 0.0429.